The van der Waals surface area contributed by atoms with E-state index in [0.29, 0.717) is 11.5 Å². The fourth-order valence-electron chi connectivity index (χ4n) is 9.39. The molecule has 8 heteroatoms. The van der Waals surface area contributed by atoms with Gasteiger partial charge in [0, 0.05) is 91.0 Å². The van der Waals surface area contributed by atoms with E-state index in [1.165, 1.54) is 27.4 Å². The SMILES string of the molecule is Cn1c2ccccc2c2c3c4ccc(Oc5[c-]c(-[n+]6[c-]n(-c7ccccc7)cc6)ccc5)[c-]c4n(-c4cc(C(C)(C)C)ccn4)c3c3c4ccccc4n(-c4ccccc4)c3c21.[Pt]. The molecule has 0 bridgehead atoms. The van der Waals surface area contributed by atoms with Crippen LogP contribution in [0.25, 0.3) is 88.3 Å². The maximum atomic E-state index is 6.70. The first-order valence-electron chi connectivity index (χ1n) is 21.0. The number of hydrogen-bond donors (Lipinski definition) is 0. The Morgan fingerprint density at radius 3 is 2.02 bits per heavy atom. The summed E-state index contributed by atoms with van der Waals surface area (Å²) in [5.74, 6) is 1.98. The van der Waals surface area contributed by atoms with E-state index in [9.17, 15) is 0 Å². The van der Waals surface area contributed by atoms with Crippen molar-refractivity contribution in [1.82, 2.24) is 23.3 Å². The standard InChI is InChI=1S/C55H40N6O.Pt/c1-55(2,3)36-28-29-56-48(32-36)61-47-34-41(62-40-21-15-20-39(33-40)59-31-30-58(35-59)37-16-7-5-8-17-37)26-27-44(47)49-50-42-22-11-13-24-45(42)57(4)53(50)54-51(52(49)61)43-23-12-14-25-46(43)60(54)38-18-9-6-10-19-38;/h5-32H,1-4H3;/q-2;. The number of fused-ring (bicyclic) bond motifs is 12. The fraction of sp³-hybridized carbons (Fsp3) is 0.0909. The van der Waals surface area contributed by atoms with E-state index in [1.54, 1.807) is 0 Å². The molecular weight excluding hydrogens is 956 g/mol. The molecule has 7 nitrogen and oxygen atoms in total. The van der Waals surface area contributed by atoms with Crippen LogP contribution in [0, 0.1) is 18.5 Å². The summed E-state index contributed by atoms with van der Waals surface area (Å²) in [6.45, 7) is 6.75. The summed E-state index contributed by atoms with van der Waals surface area (Å²) in [7, 11) is 2.20. The molecule has 0 aliphatic rings. The van der Waals surface area contributed by atoms with Gasteiger partial charge in [-0.15, -0.1) is 29.7 Å². The van der Waals surface area contributed by atoms with Crippen LogP contribution in [0.15, 0.2) is 170 Å². The monoisotopic (exact) mass is 995 g/mol. The van der Waals surface area contributed by atoms with Gasteiger partial charge < -0.3 is 23.0 Å². The average molecular weight is 996 g/mol. The maximum Gasteiger partial charge on any atom is 0.267 e. The molecule has 0 saturated heterocycles. The zero-order chi connectivity index (χ0) is 41.7. The molecule has 0 radical (unpaired) electrons. The van der Waals surface area contributed by atoms with Gasteiger partial charge in [0.05, 0.1) is 27.8 Å². The number of aryl methyl sites for hydroxylation is 1. The quantitative estimate of drug-likeness (QED) is 0.123. The first-order valence-corrected chi connectivity index (χ1v) is 21.0. The molecule has 0 N–H and O–H groups in total. The number of rotatable bonds is 6. The molecule has 0 aliphatic carbocycles. The minimum atomic E-state index is -0.103. The van der Waals surface area contributed by atoms with Gasteiger partial charge in [0.2, 0.25) is 0 Å². The van der Waals surface area contributed by atoms with E-state index in [0.717, 1.165) is 66.5 Å². The van der Waals surface area contributed by atoms with Crippen molar-refractivity contribution >= 4 is 65.4 Å². The van der Waals surface area contributed by atoms with E-state index in [1.807, 2.05) is 70.2 Å². The van der Waals surface area contributed by atoms with Crippen molar-refractivity contribution in [2.45, 2.75) is 26.2 Å². The second-order valence-electron chi connectivity index (χ2n) is 17.0. The largest absolute Gasteiger partial charge is 0.510 e. The smallest absolute Gasteiger partial charge is 0.267 e. The van der Waals surface area contributed by atoms with Crippen LogP contribution in [0.5, 0.6) is 11.5 Å². The molecule has 0 fully saturated rings. The molecule has 308 valence electrons. The first-order chi connectivity index (χ1) is 30.3. The fourth-order valence-corrected chi connectivity index (χ4v) is 9.39. The average Bonchev–Trinajstić information content (AvgIpc) is 4.08. The van der Waals surface area contributed by atoms with Gasteiger partial charge in [0.1, 0.15) is 5.82 Å². The Balaban J connectivity index is 0.00000444. The van der Waals surface area contributed by atoms with Gasteiger partial charge >= 0.3 is 0 Å². The Labute approximate surface area is 378 Å². The predicted octanol–water partition coefficient (Wildman–Crippen LogP) is 12.5. The van der Waals surface area contributed by atoms with Crippen LogP contribution in [0.1, 0.15) is 26.3 Å². The zero-order valence-corrected chi connectivity index (χ0v) is 37.3. The predicted molar refractivity (Wildman–Crippen MR) is 249 cm³/mol. The summed E-state index contributed by atoms with van der Waals surface area (Å²) >= 11 is 0. The van der Waals surface area contributed by atoms with Gasteiger partial charge in [-0.1, -0.05) is 99.1 Å². The Bertz CT molecular complexity index is 3720. The van der Waals surface area contributed by atoms with Crippen LogP contribution in [0.3, 0.4) is 0 Å². The summed E-state index contributed by atoms with van der Waals surface area (Å²) in [4.78, 5) is 5.15. The molecule has 7 aromatic carbocycles. The minimum absolute atomic E-state index is 0. The molecule has 0 aliphatic heterocycles. The van der Waals surface area contributed by atoms with Crippen molar-refractivity contribution in [1.29, 1.82) is 0 Å². The van der Waals surface area contributed by atoms with Crippen LogP contribution < -0.4 is 9.30 Å². The van der Waals surface area contributed by atoms with Crippen LogP contribution in [-0.4, -0.2) is 23.3 Å². The number of benzene rings is 7. The first kappa shape index (κ1) is 38.7. The Hall–Kier alpha value is -7.21. The number of imidazole rings is 1. The maximum absolute atomic E-state index is 6.70. The van der Waals surface area contributed by atoms with Gasteiger partial charge in [0.25, 0.3) is 6.33 Å². The van der Waals surface area contributed by atoms with Gasteiger partial charge in [-0.25, -0.2) is 4.98 Å². The number of para-hydroxylation sites is 4. The Morgan fingerprint density at radius 2 is 1.25 bits per heavy atom. The number of hydrogen-bond acceptors (Lipinski definition) is 2. The van der Waals surface area contributed by atoms with Crippen molar-refractivity contribution in [3.8, 4) is 34.4 Å². The van der Waals surface area contributed by atoms with Crippen molar-refractivity contribution in [2.75, 3.05) is 0 Å². The molecule has 0 spiro atoms. The van der Waals surface area contributed by atoms with Crippen LogP contribution in [0.2, 0.25) is 0 Å². The molecule has 5 heterocycles. The van der Waals surface area contributed by atoms with Crippen molar-refractivity contribution < 1.29 is 30.4 Å². The van der Waals surface area contributed by atoms with Crippen LogP contribution in [0.4, 0.5) is 0 Å². The summed E-state index contributed by atoms with van der Waals surface area (Å²) in [6, 6.07) is 60.2. The Kier molecular flexibility index (Phi) is 9.04. The number of aromatic nitrogens is 6. The van der Waals surface area contributed by atoms with Gasteiger partial charge in [-0.2, -0.15) is 18.2 Å². The molecular formula is C55H40N6OPt-2. The molecule has 12 rings (SSSR count). The zero-order valence-electron chi connectivity index (χ0n) is 35.1. The van der Waals surface area contributed by atoms with E-state index in [2.05, 4.69) is 169 Å². The van der Waals surface area contributed by atoms with Crippen molar-refractivity contribution in [3.63, 3.8) is 0 Å². The second kappa shape index (κ2) is 14.7. The van der Waals surface area contributed by atoms with Gasteiger partial charge in [0.15, 0.2) is 0 Å². The van der Waals surface area contributed by atoms with E-state index in [4.69, 9.17) is 9.72 Å². The topological polar surface area (TPSA) is 45.7 Å². The minimum Gasteiger partial charge on any atom is -0.510 e. The van der Waals surface area contributed by atoms with Crippen LogP contribution in [-0.2, 0) is 33.5 Å². The van der Waals surface area contributed by atoms with E-state index in [-0.39, 0.29) is 26.5 Å². The number of ether oxygens (including phenoxy) is 1. The third-order valence-electron chi connectivity index (χ3n) is 12.2. The third-order valence-corrected chi connectivity index (χ3v) is 12.2. The number of nitrogens with zero attached hydrogens (tertiary/aromatic N) is 6. The number of pyridine rings is 1. The molecule has 0 atom stereocenters. The molecule has 0 unspecified atom stereocenters. The van der Waals surface area contributed by atoms with E-state index >= 15 is 0 Å². The molecule has 63 heavy (non-hydrogen) atoms. The summed E-state index contributed by atoms with van der Waals surface area (Å²) in [5.41, 5.74) is 10.6. The van der Waals surface area contributed by atoms with Crippen molar-refractivity contribution in [3.05, 3.63) is 194 Å². The third kappa shape index (κ3) is 6.06. The van der Waals surface area contributed by atoms with Crippen molar-refractivity contribution in [2.24, 2.45) is 7.05 Å². The Morgan fingerprint density at radius 1 is 0.587 bits per heavy atom. The van der Waals surface area contributed by atoms with Gasteiger partial charge in [-0.3, -0.25) is 4.57 Å². The molecule has 0 saturated carbocycles. The summed E-state index contributed by atoms with van der Waals surface area (Å²) in [5, 5.41) is 6.94. The normalized spacial score (nSPS) is 12.0. The second-order valence-corrected chi connectivity index (χ2v) is 17.0. The van der Waals surface area contributed by atoms with Crippen LogP contribution >= 0.6 is 0 Å². The van der Waals surface area contributed by atoms with E-state index < -0.39 is 0 Å². The summed E-state index contributed by atoms with van der Waals surface area (Å²) in [6.07, 6.45) is 9.31. The summed E-state index contributed by atoms with van der Waals surface area (Å²) < 4.78 is 17.7. The molecule has 0 amide bonds. The van der Waals surface area contributed by atoms with Gasteiger partial charge in [-0.05, 0) is 70.6 Å². The molecule has 12 aromatic rings. The molecule has 5 aromatic heterocycles.